The predicted octanol–water partition coefficient (Wildman–Crippen LogP) is -0.653. The number of primary amides is 1. The van der Waals surface area contributed by atoms with Gasteiger partial charge in [0.2, 0.25) is 5.91 Å². The van der Waals surface area contributed by atoms with Gasteiger partial charge in [-0.1, -0.05) is 6.08 Å². The zero-order valence-corrected chi connectivity index (χ0v) is 4.42. The SMILES string of the molecule is NC(=O)[C@@H]1CC=CN1. The molecule has 0 aliphatic carbocycles. The van der Waals surface area contributed by atoms with Crippen molar-refractivity contribution in [3.63, 3.8) is 0 Å². The second-order valence-electron chi connectivity index (χ2n) is 1.76. The van der Waals surface area contributed by atoms with Crippen molar-refractivity contribution in [2.75, 3.05) is 0 Å². The molecule has 8 heavy (non-hydrogen) atoms. The minimum atomic E-state index is -0.282. The number of nitrogens with one attached hydrogen (secondary N) is 1. The molecule has 0 aromatic carbocycles. The third-order valence-electron chi connectivity index (χ3n) is 1.13. The summed E-state index contributed by atoms with van der Waals surface area (Å²) >= 11 is 0. The van der Waals surface area contributed by atoms with Crippen molar-refractivity contribution in [3.8, 4) is 0 Å². The van der Waals surface area contributed by atoms with Crippen LogP contribution in [0.1, 0.15) is 6.42 Å². The average molecular weight is 112 g/mol. The van der Waals surface area contributed by atoms with E-state index in [4.69, 9.17) is 5.73 Å². The molecule has 1 atom stereocenters. The van der Waals surface area contributed by atoms with Gasteiger partial charge in [-0.3, -0.25) is 4.79 Å². The molecule has 0 radical (unpaired) electrons. The Morgan fingerprint density at radius 3 is 2.88 bits per heavy atom. The second kappa shape index (κ2) is 1.86. The summed E-state index contributed by atoms with van der Waals surface area (Å²) in [5, 5.41) is 2.80. The van der Waals surface area contributed by atoms with Crippen molar-refractivity contribution < 1.29 is 4.79 Å². The fraction of sp³-hybridized carbons (Fsp3) is 0.400. The highest BCUT2D eigenvalue weighted by atomic mass is 16.1. The first-order chi connectivity index (χ1) is 3.80. The van der Waals surface area contributed by atoms with Crippen LogP contribution in [-0.2, 0) is 4.79 Å². The van der Waals surface area contributed by atoms with Gasteiger partial charge in [-0.2, -0.15) is 0 Å². The van der Waals surface area contributed by atoms with Crippen LogP contribution in [0.3, 0.4) is 0 Å². The number of amides is 1. The van der Waals surface area contributed by atoms with Crippen LogP contribution in [0.4, 0.5) is 0 Å². The van der Waals surface area contributed by atoms with E-state index < -0.39 is 0 Å². The van der Waals surface area contributed by atoms with Gasteiger partial charge in [0.25, 0.3) is 0 Å². The highest BCUT2D eigenvalue weighted by Gasteiger charge is 2.13. The zero-order chi connectivity index (χ0) is 5.98. The van der Waals surface area contributed by atoms with E-state index in [1.54, 1.807) is 6.20 Å². The molecule has 1 amide bonds. The van der Waals surface area contributed by atoms with Crippen molar-refractivity contribution in [1.29, 1.82) is 0 Å². The maximum absolute atomic E-state index is 10.3. The first kappa shape index (κ1) is 5.15. The van der Waals surface area contributed by atoms with Crippen LogP contribution < -0.4 is 11.1 Å². The third-order valence-corrected chi connectivity index (χ3v) is 1.13. The lowest BCUT2D eigenvalue weighted by molar-refractivity contribution is -0.119. The largest absolute Gasteiger partial charge is 0.380 e. The molecule has 44 valence electrons. The minimum Gasteiger partial charge on any atom is -0.380 e. The number of hydrogen-bond donors (Lipinski definition) is 2. The smallest absolute Gasteiger partial charge is 0.240 e. The van der Waals surface area contributed by atoms with Crippen molar-refractivity contribution >= 4 is 5.91 Å². The molecule has 3 N–H and O–H groups in total. The highest BCUT2D eigenvalue weighted by molar-refractivity contribution is 5.80. The molecule has 0 fully saturated rings. The van der Waals surface area contributed by atoms with E-state index in [1.807, 2.05) is 6.08 Å². The fourth-order valence-electron chi connectivity index (χ4n) is 0.655. The maximum atomic E-state index is 10.3. The van der Waals surface area contributed by atoms with Gasteiger partial charge in [-0.25, -0.2) is 0 Å². The molecular formula is C5H8N2O. The Hall–Kier alpha value is -0.990. The Morgan fingerprint density at radius 1 is 1.88 bits per heavy atom. The summed E-state index contributed by atoms with van der Waals surface area (Å²) < 4.78 is 0. The molecule has 0 saturated heterocycles. The molecule has 3 heteroatoms. The molecule has 0 saturated carbocycles. The lowest BCUT2D eigenvalue weighted by Gasteiger charge is -2.02. The predicted molar refractivity (Wildman–Crippen MR) is 29.9 cm³/mol. The van der Waals surface area contributed by atoms with Crippen molar-refractivity contribution in [2.24, 2.45) is 5.73 Å². The Bertz CT molecular complexity index is 122. The molecule has 0 bridgehead atoms. The van der Waals surface area contributed by atoms with Crippen LogP contribution in [0.2, 0.25) is 0 Å². The van der Waals surface area contributed by atoms with Gasteiger partial charge in [-0.15, -0.1) is 0 Å². The van der Waals surface area contributed by atoms with E-state index in [0.29, 0.717) is 0 Å². The zero-order valence-electron chi connectivity index (χ0n) is 4.42. The van der Waals surface area contributed by atoms with E-state index >= 15 is 0 Å². The molecule has 1 aliphatic heterocycles. The van der Waals surface area contributed by atoms with Gasteiger partial charge in [0.15, 0.2) is 0 Å². The monoisotopic (exact) mass is 112 g/mol. The quantitative estimate of drug-likeness (QED) is 0.473. The Kier molecular flexibility index (Phi) is 1.20. The fourth-order valence-corrected chi connectivity index (χ4v) is 0.655. The van der Waals surface area contributed by atoms with E-state index in [1.165, 1.54) is 0 Å². The number of carbonyl (C=O) groups excluding carboxylic acids is 1. The lowest BCUT2D eigenvalue weighted by Crippen LogP contribution is -2.35. The van der Waals surface area contributed by atoms with Crippen molar-refractivity contribution in [2.45, 2.75) is 12.5 Å². The van der Waals surface area contributed by atoms with Gasteiger partial charge >= 0.3 is 0 Å². The molecule has 0 unspecified atom stereocenters. The summed E-state index contributed by atoms with van der Waals surface area (Å²) in [5.74, 6) is -0.282. The second-order valence-corrected chi connectivity index (χ2v) is 1.76. The van der Waals surface area contributed by atoms with Crippen LogP contribution >= 0.6 is 0 Å². The lowest BCUT2D eigenvalue weighted by atomic mass is 10.2. The normalized spacial score (nSPS) is 25.2. The van der Waals surface area contributed by atoms with Crippen LogP contribution in [0.15, 0.2) is 12.3 Å². The molecule has 0 aromatic rings. The molecule has 0 spiro atoms. The van der Waals surface area contributed by atoms with E-state index in [2.05, 4.69) is 5.32 Å². The van der Waals surface area contributed by atoms with Crippen LogP contribution in [-0.4, -0.2) is 11.9 Å². The Morgan fingerprint density at radius 2 is 2.62 bits per heavy atom. The molecule has 0 aromatic heterocycles. The maximum Gasteiger partial charge on any atom is 0.240 e. The molecular weight excluding hydrogens is 104 g/mol. The van der Waals surface area contributed by atoms with Crippen molar-refractivity contribution in [3.05, 3.63) is 12.3 Å². The first-order valence-electron chi connectivity index (χ1n) is 2.51. The van der Waals surface area contributed by atoms with Crippen LogP contribution in [0.5, 0.6) is 0 Å². The average Bonchev–Trinajstić information content (AvgIpc) is 2.12. The Balaban J connectivity index is 2.41. The molecule has 1 rings (SSSR count). The standard InChI is InChI=1S/C5H8N2O/c6-5(8)4-2-1-3-7-4/h1,3-4,7H,2H2,(H2,6,8)/t4-/m0/s1. The molecule has 1 aliphatic rings. The first-order valence-corrected chi connectivity index (χ1v) is 2.51. The summed E-state index contributed by atoms with van der Waals surface area (Å²) in [6, 6.07) is -0.157. The molecule has 1 heterocycles. The van der Waals surface area contributed by atoms with Gasteiger partial charge < -0.3 is 11.1 Å². The summed E-state index contributed by atoms with van der Waals surface area (Å²) in [7, 11) is 0. The number of rotatable bonds is 1. The number of hydrogen-bond acceptors (Lipinski definition) is 2. The Labute approximate surface area is 47.6 Å². The summed E-state index contributed by atoms with van der Waals surface area (Å²) in [6.07, 6.45) is 4.36. The van der Waals surface area contributed by atoms with Gasteiger partial charge in [0, 0.05) is 0 Å². The summed E-state index contributed by atoms with van der Waals surface area (Å²) in [5.41, 5.74) is 4.96. The summed E-state index contributed by atoms with van der Waals surface area (Å²) in [4.78, 5) is 10.3. The summed E-state index contributed by atoms with van der Waals surface area (Å²) in [6.45, 7) is 0. The van der Waals surface area contributed by atoms with Gasteiger partial charge in [0.05, 0.1) is 0 Å². The highest BCUT2D eigenvalue weighted by Crippen LogP contribution is 1.98. The van der Waals surface area contributed by atoms with E-state index in [-0.39, 0.29) is 11.9 Å². The van der Waals surface area contributed by atoms with Gasteiger partial charge in [-0.05, 0) is 12.6 Å². The number of carbonyl (C=O) groups is 1. The topological polar surface area (TPSA) is 55.1 Å². The van der Waals surface area contributed by atoms with Gasteiger partial charge in [0.1, 0.15) is 6.04 Å². The van der Waals surface area contributed by atoms with Crippen molar-refractivity contribution in [1.82, 2.24) is 5.32 Å². The van der Waals surface area contributed by atoms with E-state index in [0.717, 1.165) is 6.42 Å². The third kappa shape index (κ3) is 0.804. The van der Waals surface area contributed by atoms with Crippen LogP contribution in [0.25, 0.3) is 0 Å². The molecule has 3 nitrogen and oxygen atoms in total. The number of nitrogens with two attached hydrogens (primary N) is 1. The van der Waals surface area contributed by atoms with E-state index in [9.17, 15) is 4.79 Å². The van der Waals surface area contributed by atoms with Crippen LogP contribution in [0, 0.1) is 0 Å². The minimum absolute atomic E-state index is 0.157.